The second-order valence-electron chi connectivity index (χ2n) is 6.17. The number of benzene rings is 2. The van der Waals surface area contributed by atoms with Crippen LogP contribution in [0.2, 0.25) is 0 Å². The van der Waals surface area contributed by atoms with Gasteiger partial charge in [0.25, 0.3) is 0 Å². The summed E-state index contributed by atoms with van der Waals surface area (Å²) in [6.07, 6.45) is 2.77. The largest absolute Gasteiger partial charge is 1.00 e. The first-order valence-electron chi connectivity index (χ1n) is 9.59. The van der Waals surface area contributed by atoms with Crippen molar-refractivity contribution >= 4 is 10.8 Å². The molecule has 0 saturated carbocycles. The van der Waals surface area contributed by atoms with Crippen LogP contribution >= 0.6 is 0 Å². The molecular formula is C20H18INO4. The van der Waals surface area contributed by atoms with Gasteiger partial charge in [-0.2, -0.15) is 4.57 Å². The minimum atomic E-state index is -2.56. The number of halogens is 1. The Kier molecular flexibility index (Phi) is 3.48. The minimum Gasteiger partial charge on any atom is -1.00 e. The van der Waals surface area contributed by atoms with Gasteiger partial charge in [0.1, 0.15) is 0 Å². The maximum absolute atomic E-state index is 7.49. The number of ether oxygens (including phenoxy) is 4. The van der Waals surface area contributed by atoms with Gasteiger partial charge in [0, 0.05) is 12.5 Å². The van der Waals surface area contributed by atoms with E-state index < -0.39 is 7.04 Å². The summed E-state index contributed by atoms with van der Waals surface area (Å²) in [4.78, 5) is 0. The Labute approximate surface area is 172 Å². The molecule has 0 aliphatic carbocycles. The third-order valence-corrected chi connectivity index (χ3v) is 4.90. The van der Waals surface area contributed by atoms with Gasteiger partial charge in [-0.25, -0.2) is 0 Å². The Balaban J connectivity index is 0.00000205. The fraction of sp³-hybridized carbons (Fsp3) is 0.250. The van der Waals surface area contributed by atoms with Gasteiger partial charge in [-0.3, -0.25) is 0 Å². The van der Waals surface area contributed by atoms with Crippen molar-refractivity contribution in [1.82, 2.24) is 0 Å². The molecule has 0 N–H and O–H groups in total. The molecule has 0 saturated heterocycles. The van der Waals surface area contributed by atoms with Gasteiger partial charge in [-0.05, 0) is 35.2 Å². The van der Waals surface area contributed by atoms with E-state index in [0.717, 1.165) is 41.1 Å². The molecule has 3 heterocycles. The van der Waals surface area contributed by atoms with Crippen LogP contribution in [0, 0.1) is 0 Å². The summed E-state index contributed by atoms with van der Waals surface area (Å²) in [5, 5.41) is 1.57. The van der Waals surface area contributed by atoms with Crippen molar-refractivity contribution in [2.75, 3.05) is 20.9 Å². The molecule has 5 nitrogen and oxygen atoms in total. The minimum absolute atomic E-state index is 0. The van der Waals surface area contributed by atoms with Crippen molar-refractivity contribution in [1.29, 1.82) is 0 Å². The predicted octanol–water partition coefficient (Wildman–Crippen LogP) is 0.100. The van der Waals surface area contributed by atoms with E-state index in [-0.39, 0.29) is 36.5 Å². The quantitative estimate of drug-likeness (QED) is 0.305. The molecule has 0 atom stereocenters. The van der Waals surface area contributed by atoms with E-state index in [9.17, 15) is 0 Å². The lowest BCUT2D eigenvalue weighted by molar-refractivity contribution is -0.686. The summed E-state index contributed by atoms with van der Waals surface area (Å²) >= 11 is 0. The molecule has 134 valence electrons. The molecule has 6 heteroatoms. The Morgan fingerprint density at radius 3 is 2.77 bits per heavy atom. The number of rotatable bonds is 2. The van der Waals surface area contributed by atoms with Gasteiger partial charge in [0.2, 0.25) is 12.5 Å². The van der Waals surface area contributed by atoms with Crippen molar-refractivity contribution in [2.45, 2.75) is 13.0 Å². The average Bonchev–Trinajstić information content (AvgIpc) is 3.11. The fourth-order valence-electron chi connectivity index (χ4n) is 3.66. The van der Waals surface area contributed by atoms with Crippen LogP contribution < -0.4 is 47.5 Å². The van der Waals surface area contributed by atoms with Crippen LogP contribution in [-0.4, -0.2) is 20.9 Å². The molecule has 2 aliphatic rings. The maximum atomic E-state index is 7.49. The summed E-state index contributed by atoms with van der Waals surface area (Å²) in [7, 11) is -1.06. The molecule has 0 spiro atoms. The molecule has 1 aromatic heterocycles. The normalized spacial score (nSPS) is 15.8. The molecule has 0 unspecified atom stereocenters. The first-order valence-corrected chi connectivity index (χ1v) is 8.09. The maximum Gasteiger partial charge on any atom is 0.231 e. The number of aryl methyl sites for hydroxylation is 2. The SMILES string of the molecule is [2H][13C]([2H])([2H])Oc1c(OC)ccc2cc3[n+](cc12)CCc1cc2c(cc1-3)OCO2.[I-]. The molecular weight excluding hydrogens is 446 g/mol. The first-order chi connectivity index (χ1) is 13.4. The Morgan fingerprint density at radius 2 is 1.96 bits per heavy atom. The van der Waals surface area contributed by atoms with E-state index in [2.05, 4.69) is 4.57 Å². The molecule has 26 heavy (non-hydrogen) atoms. The zero-order chi connectivity index (χ0) is 19.5. The smallest absolute Gasteiger partial charge is 0.231 e. The molecule has 3 aromatic rings. The summed E-state index contributed by atoms with van der Waals surface area (Å²) in [5.74, 6) is 2.15. The van der Waals surface area contributed by atoms with Gasteiger partial charge in [0.15, 0.2) is 35.7 Å². The number of methoxy groups -OCH3 is 2. The third kappa shape index (κ3) is 2.46. The number of pyridine rings is 1. The van der Waals surface area contributed by atoms with E-state index in [1.165, 1.54) is 12.7 Å². The van der Waals surface area contributed by atoms with Gasteiger partial charge >= 0.3 is 0 Å². The highest BCUT2D eigenvalue weighted by atomic mass is 127. The molecule has 0 radical (unpaired) electrons. The van der Waals surface area contributed by atoms with Gasteiger partial charge in [0.05, 0.1) is 29.2 Å². The van der Waals surface area contributed by atoms with Gasteiger partial charge in [-0.15, -0.1) is 0 Å². The van der Waals surface area contributed by atoms with E-state index in [1.807, 2.05) is 30.5 Å². The van der Waals surface area contributed by atoms with Crippen LogP contribution in [0.5, 0.6) is 23.0 Å². The van der Waals surface area contributed by atoms with Gasteiger partial charge < -0.3 is 42.9 Å². The van der Waals surface area contributed by atoms with Crippen LogP contribution in [0.15, 0.2) is 36.5 Å². The average molecular weight is 467 g/mol. The first kappa shape index (κ1) is 13.9. The fourth-order valence-corrected chi connectivity index (χ4v) is 3.66. The zero-order valence-corrected chi connectivity index (χ0v) is 16.2. The van der Waals surface area contributed by atoms with E-state index in [1.54, 1.807) is 6.07 Å². The highest BCUT2D eigenvalue weighted by Crippen LogP contribution is 2.41. The van der Waals surface area contributed by atoms with E-state index in [0.29, 0.717) is 11.1 Å². The van der Waals surface area contributed by atoms with Crippen LogP contribution in [0.25, 0.3) is 22.0 Å². The summed E-state index contributed by atoms with van der Waals surface area (Å²) in [6, 6.07) is 9.73. The number of fused-ring (bicyclic) bond motifs is 5. The van der Waals surface area contributed by atoms with Crippen molar-refractivity contribution in [3.05, 3.63) is 42.1 Å². The summed E-state index contributed by atoms with van der Waals surface area (Å²) in [6.45, 7) is 1.01. The molecule has 2 aliphatic heterocycles. The molecule has 0 amide bonds. The van der Waals surface area contributed by atoms with Gasteiger partial charge in [-0.1, -0.05) is 0 Å². The van der Waals surface area contributed by atoms with Crippen molar-refractivity contribution in [3.63, 3.8) is 0 Å². The number of hydrogen-bond acceptors (Lipinski definition) is 4. The van der Waals surface area contributed by atoms with Crippen LogP contribution in [-0.2, 0) is 13.0 Å². The molecule has 2 aromatic carbocycles. The van der Waals surface area contributed by atoms with Crippen molar-refractivity contribution in [3.8, 4) is 34.3 Å². The van der Waals surface area contributed by atoms with E-state index in [4.69, 9.17) is 23.1 Å². The standard InChI is InChI=1S/C20H18NO4.HI/c1-22-17-4-3-12-7-16-14-9-19-18(24-11-25-19)8-13(14)5-6-21(16)10-15(12)20(17)23-2;/h3-4,7-10H,5-6,11H2,1-2H3;1H/q+1;/p-1/i2+1D3;. The van der Waals surface area contributed by atoms with Crippen molar-refractivity contribution in [2.24, 2.45) is 0 Å². The second kappa shape index (κ2) is 6.50. The molecule has 0 fully saturated rings. The lowest BCUT2D eigenvalue weighted by atomic mass is 9.95. The Morgan fingerprint density at radius 1 is 1.12 bits per heavy atom. The van der Waals surface area contributed by atoms with Crippen LogP contribution in [0.4, 0.5) is 0 Å². The van der Waals surface area contributed by atoms with Crippen LogP contribution in [0.1, 0.15) is 9.68 Å². The monoisotopic (exact) mass is 467 g/mol. The van der Waals surface area contributed by atoms with Crippen LogP contribution in [0.3, 0.4) is 0 Å². The number of hydrogen-bond donors (Lipinski definition) is 0. The number of nitrogens with zero attached hydrogens (tertiary/aromatic N) is 1. The van der Waals surface area contributed by atoms with Crippen molar-refractivity contribution < 1.29 is 51.6 Å². The Bertz CT molecular complexity index is 1120. The Hall–Kier alpha value is -2.22. The van der Waals surface area contributed by atoms with E-state index >= 15 is 0 Å². The predicted molar refractivity (Wildman–Crippen MR) is 92.5 cm³/mol. The molecule has 0 bridgehead atoms. The number of aromatic nitrogens is 1. The molecule has 5 rings (SSSR count). The zero-order valence-electron chi connectivity index (χ0n) is 17.0. The lowest BCUT2D eigenvalue weighted by Gasteiger charge is -2.17. The third-order valence-electron chi connectivity index (χ3n) is 4.90. The summed E-state index contributed by atoms with van der Waals surface area (Å²) < 4.78 is 46.3. The lowest BCUT2D eigenvalue weighted by Crippen LogP contribution is -3.00. The topological polar surface area (TPSA) is 40.8 Å². The highest BCUT2D eigenvalue weighted by molar-refractivity contribution is 5.91. The highest BCUT2D eigenvalue weighted by Gasteiger charge is 2.28. The second-order valence-corrected chi connectivity index (χ2v) is 6.17. The summed E-state index contributed by atoms with van der Waals surface area (Å²) in [5.41, 5.74) is 3.33.